The molecule has 2 aliphatic rings. The molecule has 2 aliphatic carbocycles. The van der Waals surface area contributed by atoms with E-state index in [1.807, 2.05) is 0 Å². The molecule has 3 rings (SSSR count). The van der Waals surface area contributed by atoms with Gasteiger partial charge >= 0.3 is 0 Å². The Morgan fingerprint density at radius 1 is 0.958 bits per heavy atom. The molecule has 0 heterocycles. The second-order valence-electron chi connectivity index (χ2n) is 7.64. The van der Waals surface area contributed by atoms with E-state index in [4.69, 9.17) is 0 Å². The Kier molecular flexibility index (Phi) is 5.68. The van der Waals surface area contributed by atoms with E-state index in [2.05, 4.69) is 6.92 Å². The fourth-order valence-electron chi connectivity index (χ4n) is 4.65. The number of ketones is 1. The minimum Gasteiger partial charge on any atom is -0.299 e. The third-order valence-electron chi connectivity index (χ3n) is 6.06. The maximum atomic E-state index is 14.7. The van der Waals surface area contributed by atoms with Gasteiger partial charge in [0.25, 0.3) is 0 Å². The Bertz CT molecular complexity index is 588. The zero-order valence-corrected chi connectivity index (χ0v) is 14.6. The minimum atomic E-state index is -0.775. The largest absolute Gasteiger partial charge is 0.299 e. The van der Waals surface area contributed by atoms with Gasteiger partial charge < -0.3 is 0 Å². The lowest BCUT2D eigenvalue weighted by Crippen LogP contribution is -2.20. The number of hydrogen-bond donors (Lipinski definition) is 0. The normalized spacial score (nSPS) is 28.1. The quantitative estimate of drug-likeness (QED) is 0.634. The Labute approximate surface area is 143 Å². The molecule has 3 heteroatoms. The number of benzene rings is 1. The van der Waals surface area contributed by atoms with E-state index >= 15 is 0 Å². The van der Waals surface area contributed by atoms with Crippen LogP contribution < -0.4 is 0 Å². The molecule has 0 amide bonds. The molecule has 1 unspecified atom stereocenters. The van der Waals surface area contributed by atoms with Gasteiger partial charge in [-0.1, -0.05) is 38.3 Å². The van der Waals surface area contributed by atoms with E-state index in [9.17, 15) is 13.6 Å². The van der Waals surface area contributed by atoms with Crippen molar-refractivity contribution >= 4 is 5.78 Å². The van der Waals surface area contributed by atoms with Crippen LogP contribution in [-0.4, -0.2) is 5.78 Å². The molecule has 2 fully saturated rings. The Hall–Kier alpha value is -1.25. The number of halogens is 2. The highest BCUT2D eigenvalue weighted by molar-refractivity contribution is 5.86. The van der Waals surface area contributed by atoms with Crippen molar-refractivity contribution in [2.45, 2.75) is 83.0 Å². The van der Waals surface area contributed by atoms with Crippen LogP contribution in [0.25, 0.3) is 0 Å². The monoisotopic (exact) mass is 334 g/mol. The van der Waals surface area contributed by atoms with Crippen molar-refractivity contribution in [1.82, 2.24) is 0 Å². The fourth-order valence-corrected chi connectivity index (χ4v) is 4.65. The second-order valence-corrected chi connectivity index (χ2v) is 7.64. The van der Waals surface area contributed by atoms with E-state index < -0.39 is 17.6 Å². The zero-order chi connectivity index (χ0) is 17.1. The van der Waals surface area contributed by atoms with Crippen molar-refractivity contribution in [2.24, 2.45) is 5.92 Å². The highest BCUT2D eigenvalue weighted by Gasteiger charge is 2.30. The van der Waals surface area contributed by atoms with E-state index in [-0.39, 0.29) is 17.3 Å². The molecule has 132 valence electrons. The zero-order valence-electron chi connectivity index (χ0n) is 14.6. The number of carbonyl (C=O) groups is 1. The number of carbonyl (C=O) groups excluding carboxylic acids is 1. The van der Waals surface area contributed by atoms with Crippen LogP contribution in [0.15, 0.2) is 12.1 Å². The van der Waals surface area contributed by atoms with Gasteiger partial charge in [-0.05, 0) is 55.9 Å². The lowest BCUT2D eigenvalue weighted by molar-refractivity contribution is -0.121. The summed E-state index contributed by atoms with van der Waals surface area (Å²) in [5, 5.41) is 0. The van der Waals surface area contributed by atoms with E-state index in [1.165, 1.54) is 12.8 Å². The summed E-state index contributed by atoms with van der Waals surface area (Å²) in [5.41, 5.74) is 0.801. The number of hydrogen-bond acceptors (Lipinski definition) is 1. The standard InChI is InChI=1S/C21H28F2O/c1-2-5-14-8-10-15(11-9-14)16-12-13-18(21(23)20(16)22)17-6-3-4-7-19(17)24/h12-15,17H,2-11H2,1H3. The Morgan fingerprint density at radius 3 is 2.29 bits per heavy atom. The predicted octanol–water partition coefficient (Wildman–Crippen LogP) is 6.27. The van der Waals surface area contributed by atoms with Crippen LogP contribution >= 0.6 is 0 Å². The summed E-state index contributed by atoms with van der Waals surface area (Å²) in [6.45, 7) is 2.20. The van der Waals surface area contributed by atoms with Crippen LogP contribution in [0.3, 0.4) is 0 Å². The van der Waals surface area contributed by atoms with Gasteiger partial charge in [-0.15, -0.1) is 0 Å². The highest BCUT2D eigenvalue weighted by atomic mass is 19.2. The van der Waals surface area contributed by atoms with Crippen molar-refractivity contribution in [3.63, 3.8) is 0 Å². The van der Waals surface area contributed by atoms with E-state index in [0.29, 0.717) is 18.4 Å². The average molecular weight is 334 g/mol. The molecule has 0 bridgehead atoms. The van der Waals surface area contributed by atoms with Crippen LogP contribution in [-0.2, 0) is 4.79 Å². The van der Waals surface area contributed by atoms with Crippen LogP contribution in [0.2, 0.25) is 0 Å². The van der Waals surface area contributed by atoms with Gasteiger partial charge in [-0.2, -0.15) is 0 Å². The number of Topliss-reactive ketones (excluding diaryl/α,β-unsaturated/α-hetero) is 1. The van der Waals surface area contributed by atoms with Crippen molar-refractivity contribution in [2.75, 3.05) is 0 Å². The molecule has 0 spiro atoms. The number of rotatable bonds is 4. The smallest absolute Gasteiger partial charge is 0.163 e. The summed E-state index contributed by atoms with van der Waals surface area (Å²) in [5.74, 6) is -0.981. The second kappa shape index (κ2) is 7.76. The van der Waals surface area contributed by atoms with Gasteiger partial charge in [0.05, 0.1) is 0 Å². The van der Waals surface area contributed by atoms with Crippen LogP contribution in [0, 0.1) is 17.6 Å². The Morgan fingerprint density at radius 2 is 1.62 bits per heavy atom. The molecule has 0 aromatic heterocycles. The van der Waals surface area contributed by atoms with Crippen LogP contribution in [0.4, 0.5) is 8.78 Å². The lowest BCUT2D eigenvalue weighted by Gasteiger charge is -2.29. The van der Waals surface area contributed by atoms with Crippen molar-refractivity contribution < 1.29 is 13.6 Å². The van der Waals surface area contributed by atoms with Gasteiger partial charge in [0.1, 0.15) is 5.78 Å². The summed E-state index contributed by atoms with van der Waals surface area (Å²) >= 11 is 0. The van der Waals surface area contributed by atoms with Crippen molar-refractivity contribution in [1.29, 1.82) is 0 Å². The molecular weight excluding hydrogens is 306 g/mol. The topological polar surface area (TPSA) is 17.1 Å². The molecule has 2 saturated carbocycles. The fraction of sp³-hybridized carbons (Fsp3) is 0.667. The van der Waals surface area contributed by atoms with E-state index in [1.54, 1.807) is 12.1 Å². The molecule has 1 atom stereocenters. The summed E-state index contributed by atoms with van der Waals surface area (Å²) in [7, 11) is 0. The summed E-state index contributed by atoms with van der Waals surface area (Å²) < 4.78 is 29.3. The molecular formula is C21H28F2O. The SMILES string of the molecule is CCCC1CCC(c2ccc(C3CCCCC3=O)c(F)c2F)CC1. The Balaban J connectivity index is 1.77. The molecule has 0 N–H and O–H groups in total. The van der Waals surface area contributed by atoms with Gasteiger partial charge in [-0.25, -0.2) is 8.78 Å². The summed E-state index contributed by atoms with van der Waals surface area (Å²) in [4.78, 5) is 12.1. The molecule has 1 aromatic rings. The van der Waals surface area contributed by atoms with Gasteiger partial charge in [0.2, 0.25) is 0 Å². The first-order valence-corrected chi connectivity index (χ1v) is 9.62. The minimum absolute atomic E-state index is 0.0624. The highest BCUT2D eigenvalue weighted by Crippen LogP contribution is 2.40. The van der Waals surface area contributed by atoms with Crippen LogP contribution in [0.1, 0.15) is 94.1 Å². The molecule has 1 nitrogen and oxygen atoms in total. The molecule has 0 aliphatic heterocycles. The van der Waals surface area contributed by atoms with Crippen molar-refractivity contribution in [3.05, 3.63) is 34.9 Å². The maximum Gasteiger partial charge on any atom is 0.163 e. The van der Waals surface area contributed by atoms with E-state index in [0.717, 1.165) is 44.4 Å². The first-order chi connectivity index (χ1) is 11.6. The summed E-state index contributed by atoms with van der Waals surface area (Å²) in [6, 6.07) is 3.43. The molecule has 1 aromatic carbocycles. The molecule has 0 radical (unpaired) electrons. The van der Waals surface area contributed by atoms with Gasteiger partial charge in [-0.3, -0.25) is 4.79 Å². The molecule has 0 saturated heterocycles. The van der Waals surface area contributed by atoms with Gasteiger partial charge in [0, 0.05) is 17.9 Å². The first-order valence-electron chi connectivity index (χ1n) is 9.62. The lowest BCUT2D eigenvalue weighted by atomic mass is 9.76. The predicted molar refractivity (Wildman–Crippen MR) is 92.2 cm³/mol. The average Bonchev–Trinajstić information content (AvgIpc) is 2.59. The molecule has 24 heavy (non-hydrogen) atoms. The van der Waals surface area contributed by atoms with Crippen molar-refractivity contribution in [3.8, 4) is 0 Å². The van der Waals surface area contributed by atoms with Crippen LogP contribution in [0.5, 0.6) is 0 Å². The van der Waals surface area contributed by atoms with Gasteiger partial charge in [0.15, 0.2) is 11.6 Å². The first kappa shape index (κ1) is 17.6. The summed E-state index contributed by atoms with van der Waals surface area (Å²) in [6.07, 6.45) is 9.50. The third-order valence-corrected chi connectivity index (χ3v) is 6.06. The maximum absolute atomic E-state index is 14.7. The third kappa shape index (κ3) is 3.55.